The monoisotopic (exact) mass is 463 g/mol. The van der Waals surface area contributed by atoms with Crippen molar-refractivity contribution >= 4 is 34.6 Å². The van der Waals surface area contributed by atoms with E-state index in [1.807, 2.05) is 60.4 Å². The minimum Gasteiger partial charge on any atom is -0.459 e. The van der Waals surface area contributed by atoms with Gasteiger partial charge in [-0.25, -0.2) is 4.39 Å². The summed E-state index contributed by atoms with van der Waals surface area (Å²) in [6.45, 7) is 1.96. The third-order valence-electron chi connectivity index (χ3n) is 5.58. The number of pyridine rings is 1. The molecule has 0 aliphatic carbocycles. The first-order chi connectivity index (χ1) is 15.5. The number of halogens is 2. The van der Waals surface area contributed by atoms with Crippen molar-refractivity contribution in [3.63, 3.8) is 0 Å². The second-order valence-corrected chi connectivity index (χ2v) is 8.43. The SMILES string of the molecule is Cc1ccc(-c2ccc(C3C(c4ccccn4)NC(=S)N3c3ccc(F)cc3)o2)cc1Cl. The van der Waals surface area contributed by atoms with E-state index in [4.69, 9.17) is 28.2 Å². The van der Waals surface area contributed by atoms with Gasteiger partial charge in [0, 0.05) is 22.5 Å². The van der Waals surface area contributed by atoms with Crippen molar-refractivity contribution in [3.8, 4) is 11.3 Å². The Morgan fingerprint density at radius 3 is 2.59 bits per heavy atom. The zero-order valence-corrected chi connectivity index (χ0v) is 18.7. The molecule has 0 bridgehead atoms. The lowest BCUT2D eigenvalue weighted by molar-refractivity contribution is 0.439. The van der Waals surface area contributed by atoms with Gasteiger partial charge in [0.2, 0.25) is 0 Å². The number of nitrogens with one attached hydrogen (secondary N) is 1. The van der Waals surface area contributed by atoms with Gasteiger partial charge in [0.15, 0.2) is 5.11 Å². The standard InChI is InChI=1S/C25H19ClFN3OS/c1-15-5-6-16(14-19(15)26)21-11-12-22(31-21)24-23(20-4-2-3-13-28-20)29-25(32)30(24)18-9-7-17(27)8-10-18/h2-14,23-24H,1H3,(H,29,32). The van der Waals surface area contributed by atoms with Crippen LogP contribution in [0, 0.1) is 12.7 Å². The van der Waals surface area contributed by atoms with Gasteiger partial charge in [0.25, 0.3) is 0 Å². The summed E-state index contributed by atoms with van der Waals surface area (Å²) in [6, 6.07) is 21.2. The smallest absolute Gasteiger partial charge is 0.174 e. The Morgan fingerprint density at radius 1 is 1.06 bits per heavy atom. The van der Waals surface area contributed by atoms with E-state index in [1.54, 1.807) is 18.3 Å². The molecule has 3 heterocycles. The van der Waals surface area contributed by atoms with Crippen LogP contribution in [0.5, 0.6) is 0 Å². The number of anilines is 1. The molecule has 2 aromatic carbocycles. The van der Waals surface area contributed by atoms with Gasteiger partial charge in [-0.3, -0.25) is 4.98 Å². The Morgan fingerprint density at radius 2 is 1.88 bits per heavy atom. The number of nitrogens with zero attached hydrogens (tertiary/aromatic N) is 2. The number of hydrogen-bond acceptors (Lipinski definition) is 3. The van der Waals surface area contributed by atoms with Gasteiger partial charge in [-0.2, -0.15) is 0 Å². The molecule has 32 heavy (non-hydrogen) atoms. The highest BCUT2D eigenvalue weighted by atomic mass is 35.5. The summed E-state index contributed by atoms with van der Waals surface area (Å²) in [6.07, 6.45) is 1.75. The van der Waals surface area contributed by atoms with Crippen molar-refractivity contribution in [1.82, 2.24) is 10.3 Å². The summed E-state index contributed by atoms with van der Waals surface area (Å²) in [4.78, 5) is 6.47. The van der Waals surface area contributed by atoms with Crippen LogP contribution in [0.1, 0.15) is 29.1 Å². The molecule has 2 atom stereocenters. The number of thiocarbonyl (C=S) groups is 1. The molecule has 160 valence electrons. The van der Waals surface area contributed by atoms with E-state index in [0.29, 0.717) is 21.7 Å². The summed E-state index contributed by atoms with van der Waals surface area (Å²) < 4.78 is 19.9. The Labute approximate surface area is 195 Å². The van der Waals surface area contributed by atoms with E-state index in [2.05, 4.69) is 10.3 Å². The van der Waals surface area contributed by atoms with Crippen LogP contribution in [0.15, 0.2) is 83.4 Å². The molecular formula is C25H19ClFN3OS. The minimum atomic E-state index is -0.308. The minimum absolute atomic E-state index is 0.241. The zero-order chi connectivity index (χ0) is 22.2. The predicted molar refractivity (Wildman–Crippen MR) is 128 cm³/mol. The number of aromatic nitrogens is 1. The molecule has 0 saturated carbocycles. The predicted octanol–water partition coefficient (Wildman–Crippen LogP) is 6.62. The molecule has 0 amide bonds. The first-order valence-corrected chi connectivity index (χ1v) is 10.9. The normalized spacial score (nSPS) is 18.1. The largest absolute Gasteiger partial charge is 0.459 e. The number of rotatable bonds is 4. The number of benzene rings is 2. The van der Waals surface area contributed by atoms with Crippen molar-refractivity contribution in [3.05, 3.63) is 107 Å². The van der Waals surface area contributed by atoms with E-state index in [9.17, 15) is 4.39 Å². The van der Waals surface area contributed by atoms with Crippen molar-refractivity contribution in [2.45, 2.75) is 19.0 Å². The van der Waals surface area contributed by atoms with Gasteiger partial charge in [-0.1, -0.05) is 29.8 Å². The number of furan rings is 1. The molecule has 7 heteroatoms. The average molecular weight is 464 g/mol. The molecule has 0 spiro atoms. The molecule has 1 saturated heterocycles. The van der Waals surface area contributed by atoms with Gasteiger partial charge in [-0.15, -0.1) is 0 Å². The second kappa shape index (κ2) is 8.37. The van der Waals surface area contributed by atoms with Gasteiger partial charge in [-0.05, 0) is 79.3 Å². The maximum absolute atomic E-state index is 13.6. The summed E-state index contributed by atoms with van der Waals surface area (Å²) in [5.41, 5.74) is 3.50. The van der Waals surface area contributed by atoms with Crippen molar-refractivity contribution in [1.29, 1.82) is 0 Å². The van der Waals surface area contributed by atoms with Crippen molar-refractivity contribution in [2.24, 2.45) is 0 Å². The molecular weight excluding hydrogens is 445 g/mol. The number of aryl methyl sites for hydroxylation is 1. The van der Waals surface area contributed by atoms with Crippen LogP contribution in [-0.4, -0.2) is 10.1 Å². The molecule has 2 unspecified atom stereocenters. The van der Waals surface area contributed by atoms with Crippen LogP contribution in [0.3, 0.4) is 0 Å². The van der Waals surface area contributed by atoms with E-state index in [-0.39, 0.29) is 17.9 Å². The average Bonchev–Trinajstić information content (AvgIpc) is 3.41. The molecule has 5 rings (SSSR count). The molecule has 4 aromatic rings. The molecule has 1 aliphatic rings. The Bertz CT molecular complexity index is 1280. The fourth-order valence-corrected chi connectivity index (χ4v) is 4.46. The Hall–Kier alpha value is -3.22. The van der Waals surface area contributed by atoms with E-state index in [1.165, 1.54) is 12.1 Å². The van der Waals surface area contributed by atoms with E-state index in [0.717, 1.165) is 22.5 Å². The highest BCUT2D eigenvalue weighted by molar-refractivity contribution is 7.80. The molecule has 4 nitrogen and oxygen atoms in total. The molecule has 2 aromatic heterocycles. The van der Waals surface area contributed by atoms with Gasteiger partial charge >= 0.3 is 0 Å². The third kappa shape index (κ3) is 3.76. The fraction of sp³-hybridized carbons (Fsp3) is 0.120. The van der Waals surface area contributed by atoms with Gasteiger partial charge < -0.3 is 14.6 Å². The van der Waals surface area contributed by atoms with Crippen LogP contribution in [-0.2, 0) is 0 Å². The van der Waals surface area contributed by atoms with E-state index < -0.39 is 0 Å². The van der Waals surface area contributed by atoms with Crippen LogP contribution in [0.4, 0.5) is 10.1 Å². The topological polar surface area (TPSA) is 41.3 Å². The zero-order valence-electron chi connectivity index (χ0n) is 17.1. The van der Waals surface area contributed by atoms with Crippen molar-refractivity contribution in [2.75, 3.05) is 4.90 Å². The lowest BCUT2D eigenvalue weighted by atomic mass is 10.0. The maximum atomic E-state index is 13.6. The fourth-order valence-electron chi connectivity index (χ4n) is 3.94. The second-order valence-electron chi connectivity index (χ2n) is 7.64. The molecule has 1 aliphatic heterocycles. The third-order valence-corrected chi connectivity index (χ3v) is 6.30. The van der Waals surface area contributed by atoms with Crippen molar-refractivity contribution < 1.29 is 8.81 Å². The van der Waals surface area contributed by atoms with Crippen LogP contribution >= 0.6 is 23.8 Å². The Balaban J connectivity index is 1.59. The summed E-state index contributed by atoms with van der Waals surface area (Å²) in [5.74, 6) is 1.11. The van der Waals surface area contributed by atoms with Crippen LogP contribution < -0.4 is 10.2 Å². The summed E-state index contributed by atoms with van der Waals surface area (Å²) >= 11 is 12.0. The van der Waals surface area contributed by atoms with E-state index >= 15 is 0 Å². The van der Waals surface area contributed by atoms with Crippen LogP contribution in [0.2, 0.25) is 5.02 Å². The lowest BCUT2D eigenvalue weighted by Crippen LogP contribution is -2.29. The number of hydrogen-bond donors (Lipinski definition) is 1. The quantitative estimate of drug-likeness (QED) is 0.344. The van der Waals surface area contributed by atoms with Crippen LogP contribution in [0.25, 0.3) is 11.3 Å². The first-order valence-electron chi connectivity index (χ1n) is 10.1. The highest BCUT2D eigenvalue weighted by Crippen LogP contribution is 2.43. The summed E-state index contributed by atoms with van der Waals surface area (Å²) in [7, 11) is 0. The Kier molecular flexibility index (Phi) is 5.41. The highest BCUT2D eigenvalue weighted by Gasteiger charge is 2.42. The summed E-state index contributed by atoms with van der Waals surface area (Å²) in [5, 5.41) is 4.57. The molecule has 1 fully saturated rings. The van der Waals surface area contributed by atoms with Gasteiger partial charge in [0.05, 0.1) is 11.7 Å². The first kappa shape index (κ1) is 20.7. The molecule has 0 radical (unpaired) electrons. The molecule has 1 N–H and O–H groups in total. The maximum Gasteiger partial charge on any atom is 0.174 e. The van der Waals surface area contributed by atoms with Gasteiger partial charge in [0.1, 0.15) is 23.4 Å². The lowest BCUT2D eigenvalue weighted by Gasteiger charge is -2.26.